The normalized spacial score (nSPS) is 13.5. The minimum atomic E-state index is -0.364. The van der Waals surface area contributed by atoms with Crippen LogP contribution in [0.25, 0.3) is 0 Å². The van der Waals surface area contributed by atoms with E-state index in [0.29, 0.717) is 17.9 Å². The third kappa shape index (κ3) is 4.86. The maximum atomic E-state index is 13.1. The summed E-state index contributed by atoms with van der Waals surface area (Å²) in [6.07, 6.45) is 0.884. The van der Waals surface area contributed by atoms with E-state index in [9.17, 15) is 14.3 Å². The number of methoxy groups -OCH3 is 1. The Labute approximate surface area is 181 Å². The lowest BCUT2D eigenvalue weighted by atomic mass is 9.97. The van der Waals surface area contributed by atoms with Crippen LogP contribution in [-0.2, 0) is 26.1 Å². The monoisotopic (exact) mass is 420 g/mol. The Morgan fingerprint density at radius 1 is 1.10 bits per heavy atom. The number of nitrogens with zero attached hydrogens (tertiary/aromatic N) is 1. The first-order valence-corrected chi connectivity index (χ1v) is 10.2. The summed E-state index contributed by atoms with van der Waals surface area (Å²) < 4.78 is 18.3. The van der Waals surface area contributed by atoms with Gasteiger partial charge in [-0.25, -0.2) is 4.39 Å². The van der Waals surface area contributed by atoms with E-state index < -0.39 is 0 Å². The van der Waals surface area contributed by atoms with E-state index in [0.717, 1.165) is 42.7 Å². The molecule has 1 aliphatic heterocycles. The zero-order valence-corrected chi connectivity index (χ0v) is 17.4. The van der Waals surface area contributed by atoms with Crippen molar-refractivity contribution in [3.8, 4) is 11.5 Å². The van der Waals surface area contributed by atoms with Crippen LogP contribution in [0.5, 0.6) is 11.5 Å². The lowest BCUT2D eigenvalue weighted by molar-refractivity contribution is 0.0950. The highest BCUT2D eigenvalue weighted by atomic mass is 19.1. The van der Waals surface area contributed by atoms with Crippen molar-refractivity contribution < 1.29 is 19.0 Å². The number of carbonyl (C=O) groups excluding carboxylic acids is 1. The molecule has 1 aliphatic rings. The van der Waals surface area contributed by atoms with E-state index in [1.54, 1.807) is 13.2 Å². The molecule has 0 saturated carbocycles. The fourth-order valence-corrected chi connectivity index (χ4v) is 3.93. The summed E-state index contributed by atoms with van der Waals surface area (Å²) in [5.74, 6) is 0.0735. The van der Waals surface area contributed by atoms with Gasteiger partial charge in [0.05, 0.1) is 7.11 Å². The van der Waals surface area contributed by atoms with E-state index >= 15 is 0 Å². The number of fused-ring (bicyclic) bond motifs is 1. The lowest BCUT2D eigenvalue weighted by Crippen LogP contribution is -2.31. The predicted molar refractivity (Wildman–Crippen MR) is 116 cm³/mol. The molecule has 3 aromatic carbocycles. The highest BCUT2D eigenvalue weighted by Crippen LogP contribution is 2.32. The van der Waals surface area contributed by atoms with E-state index in [1.807, 2.05) is 24.3 Å². The second-order valence-electron chi connectivity index (χ2n) is 7.71. The van der Waals surface area contributed by atoms with Crippen LogP contribution in [-0.4, -0.2) is 29.6 Å². The van der Waals surface area contributed by atoms with Gasteiger partial charge < -0.3 is 15.2 Å². The average molecular weight is 420 g/mol. The van der Waals surface area contributed by atoms with E-state index in [2.05, 4.69) is 16.3 Å². The zero-order chi connectivity index (χ0) is 21.8. The summed E-state index contributed by atoms with van der Waals surface area (Å²) in [4.78, 5) is 14.7. The number of ether oxygens (including phenoxy) is 1. The van der Waals surface area contributed by atoms with E-state index in [1.165, 1.54) is 29.8 Å². The van der Waals surface area contributed by atoms with Gasteiger partial charge in [-0.1, -0.05) is 24.3 Å². The molecule has 1 amide bonds. The molecule has 0 aliphatic carbocycles. The largest absolute Gasteiger partial charge is 0.504 e. The quantitative estimate of drug-likeness (QED) is 0.632. The summed E-state index contributed by atoms with van der Waals surface area (Å²) >= 11 is 0. The molecule has 5 nitrogen and oxygen atoms in total. The SMILES string of the molecule is COc1cc2c(cc1O)CN(Cc1ccccc1CNC(=O)c1ccc(F)cc1)CC2. The topological polar surface area (TPSA) is 61.8 Å². The van der Waals surface area contributed by atoms with Gasteiger partial charge in [0.2, 0.25) is 0 Å². The Kier molecular flexibility index (Phi) is 6.18. The van der Waals surface area contributed by atoms with Gasteiger partial charge >= 0.3 is 0 Å². The van der Waals surface area contributed by atoms with Crippen molar-refractivity contribution in [3.63, 3.8) is 0 Å². The van der Waals surface area contributed by atoms with Crippen LogP contribution >= 0.6 is 0 Å². The molecule has 31 heavy (non-hydrogen) atoms. The molecular weight excluding hydrogens is 395 g/mol. The molecule has 0 atom stereocenters. The molecule has 4 rings (SSSR count). The molecule has 6 heteroatoms. The molecule has 2 N–H and O–H groups in total. The third-order valence-corrected chi connectivity index (χ3v) is 5.65. The number of phenols is 1. The standard InChI is InChI=1S/C25H25FN2O3/c1-31-24-13-18-10-11-28(16-21(18)12-23(24)29)15-20-5-3-2-4-19(20)14-27-25(30)17-6-8-22(26)9-7-17/h2-9,12-13,29H,10-11,14-16H2,1H3,(H,27,30). The van der Waals surface area contributed by atoms with Crippen molar-refractivity contribution in [3.05, 3.63) is 94.3 Å². The minimum Gasteiger partial charge on any atom is -0.504 e. The number of hydrogen-bond donors (Lipinski definition) is 2. The summed E-state index contributed by atoms with van der Waals surface area (Å²) in [5, 5.41) is 13.0. The molecule has 160 valence electrons. The maximum absolute atomic E-state index is 13.1. The van der Waals surface area contributed by atoms with Crippen molar-refractivity contribution in [1.82, 2.24) is 10.2 Å². The number of amides is 1. The molecule has 0 spiro atoms. The Hall–Kier alpha value is -3.38. The van der Waals surface area contributed by atoms with Crippen LogP contribution < -0.4 is 10.1 Å². The van der Waals surface area contributed by atoms with Crippen molar-refractivity contribution in [2.75, 3.05) is 13.7 Å². The second-order valence-corrected chi connectivity index (χ2v) is 7.71. The number of hydrogen-bond acceptors (Lipinski definition) is 4. The van der Waals surface area contributed by atoms with Gasteiger partial charge in [-0.2, -0.15) is 0 Å². The van der Waals surface area contributed by atoms with Crippen molar-refractivity contribution >= 4 is 5.91 Å². The molecule has 1 heterocycles. The molecule has 0 bridgehead atoms. The zero-order valence-electron chi connectivity index (χ0n) is 17.4. The van der Waals surface area contributed by atoms with Gasteiger partial charge in [0.1, 0.15) is 5.82 Å². The van der Waals surface area contributed by atoms with Gasteiger partial charge in [0, 0.05) is 31.7 Å². The number of carbonyl (C=O) groups is 1. The molecule has 0 aromatic heterocycles. The van der Waals surface area contributed by atoms with Crippen LogP contribution in [0.1, 0.15) is 32.6 Å². The van der Waals surface area contributed by atoms with E-state index in [-0.39, 0.29) is 17.5 Å². The molecule has 0 fully saturated rings. The number of rotatable bonds is 6. The number of phenolic OH excluding ortho intramolecular Hbond substituents is 1. The van der Waals surface area contributed by atoms with Gasteiger partial charge in [0.25, 0.3) is 5.91 Å². The fourth-order valence-electron chi connectivity index (χ4n) is 3.93. The molecule has 3 aromatic rings. The van der Waals surface area contributed by atoms with Crippen LogP contribution in [0.4, 0.5) is 4.39 Å². The second kappa shape index (κ2) is 9.18. The van der Waals surface area contributed by atoms with Crippen LogP contribution in [0.3, 0.4) is 0 Å². The number of halogens is 1. The van der Waals surface area contributed by atoms with Crippen LogP contribution in [0.2, 0.25) is 0 Å². The first-order valence-electron chi connectivity index (χ1n) is 10.2. The highest BCUT2D eigenvalue weighted by molar-refractivity contribution is 5.94. The number of benzene rings is 3. The highest BCUT2D eigenvalue weighted by Gasteiger charge is 2.20. The minimum absolute atomic E-state index is 0.159. The summed E-state index contributed by atoms with van der Waals surface area (Å²) in [7, 11) is 1.56. The van der Waals surface area contributed by atoms with Crippen molar-refractivity contribution in [2.24, 2.45) is 0 Å². The van der Waals surface area contributed by atoms with Crippen LogP contribution in [0, 0.1) is 5.82 Å². The smallest absolute Gasteiger partial charge is 0.251 e. The average Bonchev–Trinajstić information content (AvgIpc) is 2.78. The van der Waals surface area contributed by atoms with Gasteiger partial charge in [-0.15, -0.1) is 0 Å². The Morgan fingerprint density at radius 3 is 2.58 bits per heavy atom. The van der Waals surface area contributed by atoms with Crippen molar-refractivity contribution in [1.29, 1.82) is 0 Å². The Morgan fingerprint density at radius 2 is 1.84 bits per heavy atom. The van der Waals surface area contributed by atoms with Gasteiger partial charge in [-0.3, -0.25) is 9.69 Å². The maximum Gasteiger partial charge on any atom is 0.251 e. The number of aromatic hydroxyl groups is 1. The molecule has 0 saturated heterocycles. The molecular formula is C25H25FN2O3. The summed E-state index contributed by atoms with van der Waals surface area (Å²) in [6.45, 7) is 2.78. The summed E-state index contributed by atoms with van der Waals surface area (Å²) in [5.41, 5.74) is 4.92. The van der Waals surface area contributed by atoms with Gasteiger partial charge in [-0.05, 0) is 65.1 Å². The number of nitrogens with one attached hydrogen (secondary N) is 1. The summed E-state index contributed by atoms with van der Waals surface area (Å²) in [6, 6.07) is 17.3. The van der Waals surface area contributed by atoms with Crippen LogP contribution in [0.15, 0.2) is 60.7 Å². The third-order valence-electron chi connectivity index (χ3n) is 5.65. The van der Waals surface area contributed by atoms with E-state index in [4.69, 9.17) is 4.74 Å². The lowest BCUT2D eigenvalue weighted by Gasteiger charge is -2.30. The Balaban J connectivity index is 1.42. The Bertz CT molecular complexity index is 1080. The first kappa shape index (κ1) is 20.9. The first-order chi connectivity index (χ1) is 15.0. The molecule has 0 unspecified atom stereocenters. The fraction of sp³-hybridized carbons (Fsp3) is 0.240. The van der Waals surface area contributed by atoms with Crippen molar-refractivity contribution in [2.45, 2.75) is 26.1 Å². The van der Waals surface area contributed by atoms with Gasteiger partial charge in [0.15, 0.2) is 11.5 Å². The predicted octanol–water partition coefficient (Wildman–Crippen LogP) is 4.03. The molecule has 0 radical (unpaired) electrons.